The van der Waals surface area contributed by atoms with Crippen molar-refractivity contribution in [3.8, 4) is 0 Å². The lowest BCUT2D eigenvalue weighted by Gasteiger charge is -2.22. The van der Waals surface area contributed by atoms with E-state index in [1.165, 1.54) is 0 Å². The van der Waals surface area contributed by atoms with E-state index >= 15 is 0 Å². The van der Waals surface area contributed by atoms with Gasteiger partial charge in [0, 0.05) is 31.6 Å². The third-order valence-corrected chi connectivity index (χ3v) is 5.31. The molecule has 6 heteroatoms. The predicted octanol–water partition coefficient (Wildman–Crippen LogP) is 3.97. The van der Waals surface area contributed by atoms with E-state index in [-0.39, 0.29) is 18.4 Å². The molecule has 0 aliphatic heterocycles. The molecule has 0 bridgehead atoms. The van der Waals surface area contributed by atoms with Crippen LogP contribution in [0.4, 0.5) is 0 Å². The highest BCUT2D eigenvalue weighted by Crippen LogP contribution is 2.17. The number of nitrogens with one attached hydrogen (secondary N) is 1. The first-order chi connectivity index (χ1) is 15.0. The molecule has 1 N–H and O–H groups in total. The average molecular weight is 421 g/mol. The first-order valence-electron chi connectivity index (χ1n) is 11.1. The Hall–Kier alpha value is -3.15. The Morgan fingerprint density at radius 1 is 1.00 bits per heavy atom. The van der Waals surface area contributed by atoms with Crippen LogP contribution in [0.15, 0.2) is 48.5 Å². The fourth-order valence-corrected chi connectivity index (χ4v) is 3.72. The predicted molar refractivity (Wildman–Crippen MR) is 124 cm³/mol. The summed E-state index contributed by atoms with van der Waals surface area (Å²) in [4.78, 5) is 32.1. The van der Waals surface area contributed by atoms with Crippen LogP contribution in [0.1, 0.15) is 48.4 Å². The Labute approximate surface area is 184 Å². The number of carbonyl (C=O) groups is 2. The molecule has 0 aliphatic carbocycles. The van der Waals surface area contributed by atoms with Gasteiger partial charge in [-0.15, -0.1) is 0 Å². The molecule has 0 fully saturated rings. The van der Waals surface area contributed by atoms with Crippen LogP contribution in [0.25, 0.3) is 11.0 Å². The van der Waals surface area contributed by atoms with Crippen molar-refractivity contribution in [2.75, 3.05) is 19.6 Å². The van der Waals surface area contributed by atoms with E-state index in [9.17, 15) is 9.59 Å². The number of hydrogen-bond donors (Lipinski definition) is 1. The minimum Gasteiger partial charge on any atom is -0.352 e. The number of fused-ring (bicyclic) bond motifs is 1. The average Bonchev–Trinajstić information content (AvgIpc) is 3.11. The molecular weight excluding hydrogens is 388 g/mol. The Morgan fingerprint density at radius 3 is 2.35 bits per heavy atom. The van der Waals surface area contributed by atoms with E-state index in [2.05, 4.69) is 19.2 Å². The molecule has 0 saturated heterocycles. The monoisotopic (exact) mass is 420 g/mol. The van der Waals surface area contributed by atoms with Crippen LogP contribution in [-0.4, -0.2) is 45.9 Å². The molecule has 2 amide bonds. The molecule has 1 aromatic heterocycles. The van der Waals surface area contributed by atoms with Crippen molar-refractivity contribution in [2.24, 2.45) is 0 Å². The molecule has 3 aromatic rings. The summed E-state index contributed by atoms with van der Waals surface area (Å²) in [6.07, 6.45) is 2.43. The van der Waals surface area contributed by atoms with E-state index in [1.54, 1.807) is 0 Å². The second-order valence-electron chi connectivity index (χ2n) is 7.86. The topological polar surface area (TPSA) is 67.2 Å². The van der Waals surface area contributed by atoms with Gasteiger partial charge in [0.25, 0.3) is 5.91 Å². The van der Waals surface area contributed by atoms with Crippen molar-refractivity contribution < 1.29 is 9.59 Å². The van der Waals surface area contributed by atoms with Crippen molar-refractivity contribution in [2.45, 2.75) is 46.6 Å². The molecule has 0 saturated carbocycles. The molecule has 2 aromatic carbocycles. The molecular formula is C25H32N4O2. The fourth-order valence-electron chi connectivity index (χ4n) is 3.72. The maximum Gasteiger partial charge on any atom is 0.251 e. The first-order valence-corrected chi connectivity index (χ1v) is 11.1. The van der Waals surface area contributed by atoms with Crippen LogP contribution in [0.2, 0.25) is 0 Å². The number of aromatic nitrogens is 2. The lowest BCUT2D eigenvalue weighted by molar-refractivity contribution is -0.131. The molecule has 6 nitrogen and oxygen atoms in total. The largest absolute Gasteiger partial charge is 0.352 e. The summed E-state index contributed by atoms with van der Waals surface area (Å²) in [6, 6.07) is 15.4. The van der Waals surface area contributed by atoms with Crippen LogP contribution in [0, 0.1) is 6.92 Å². The summed E-state index contributed by atoms with van der Waals surface area (Å²) in [5, 5.41) is 2.97. The maximum atomic E-state index is 13.0. The molecule has 0 aliphatic rings. The number of carbonyl (C=O) groups excluding carboxylic acids is 2. The molecule has 31 heavy (non-hydrogen) atoms. The minimum absolute atomic E-state index is 0.101. The van der Waals surface area contributed by atoms with Gasteiger partial charge in [0.1, 0.15) is 12.4 Å². The van der Waals surface area contributed by atoms with Crippen molar-refractivity contribution in [3.05, 3.63) is 65.5 Å². The second kappa shape index (κ2) is 10.8. The molecule has 0 unspecified atom stereocenters. The van der Waals surface area contributed by atoms with Gasteiger partial charge in [0.05, 0.1) is 11.0 Å². The van der Waals surface area contributed by atoms with E-state index in [4.69, 9.17) is 4.98 Å². The first kappa shape index (κ1) is 22.5. The van der Waals surface area contributed by atoms with E-state index in [1.807, 2.05) is 64.9 Å². The molecule has 164 valence electrons. The van der Waals surface area contributed by atoms with Crippen LogP contribution >= 0.6 is 0 Å². The number of rotatable bonds is 10. The third kappa shape index (κ3) is 5.72. The summed E-state index contributed by atoms with van der Waals surface area (Å²) in [5.74, 6) is 0.819. The van der Waals surface area contributed by atoms with E-state index < -0.39 is 0 Å². The number of para-hydroxylation sites is 2. The zero-order chi connectivity index (χ0) is 22.2. The fraction of sp³-hybridized carbons (Fsp3) is 0.400. The third-order valence-electron chi connectivity index (χ3n) is 5.31. The number of aryl methyl sites for hydroxylation is 1. The molecule has 0 atom stereocenters. The molecule has 0 radical (unpaired) electrons. The molecule has 1 heterocycles. The van der Waals surface area contributed by atoms with Crippen LogP contribution in [-0.2, 0) is 17.8 Å². The maximum absolute atomic E-state index is 13.0. The van der Waals surface area contributed by atoms with E-state index in [0.29, 0.717) is 18.5 Å². The van der Waals surface area contributed by atoms with Crippen molar-refractivity contribution in [3.63, 3.8) is 0 Å². The van der Waals surface area contributed by atoms with Gasteiger partial charge in [0.2, 0.25) is 5.91 Å². The smallest absolute Gasteiger partial charge is 0.251 e. The van der Waals surface area contributed by atoms with Crippen molar-refractivity contribution in [1.29, 1.82) is 0 Å². The van der Waals surface area contributed by atoms with Crippen molar-refractivity contribution >= 4 is 22.8 Å². The van der Waals surface area contributed by atoms with Gasteiger partial charge in [-0.05, 0) is 44.0 Å². The highest BCUT2D eigenvalue weighted by Gasteiger charge is 2.17. The Morgan fingerprint density at radius 2 is 1.68 bits per heavy atom. The standard InChI is InChI=1S/C25H32N4O2/c1-4-16-28(17-5-2)24(30)18-29-22-9-7-6-8-21(22)27-23(29)14-15-26-25(31)20-12-10-19(3)11-13-20/h6-13H,4-5,14-18H2,1-3H3,(H,26,31). The summed E-state index contributed by atoms with van der Waals surface area (Å²) < 4.78 is 1.99. The van der Waals surface area contributed by atoms with Gasteiger partial charge in [-0.2, -0.15) is 0 Å². The van der Waals surface area contributed by atoms with Gasteiger partial charge < -0.3 is 14.8 Å². The second-order valence-corrected chi connectivity index (χ2v) is 7.86. The number of benzene rings is 2. The highest BCUT2D eigenvalue weighted by atomic mass is 16.2. The van der Waals surface area contributed by atoms with Crippen molar-refractivity contribution in [1.82, 2.24) is 19.8 Å². The zero-order valence-corrected chi connectivity index (χ0v) is 18.7. The Kier molecular flexibility index (Phi) is 7.82. The number of hydrogen-bond acceptors (Lipinski definition) is 3. The van der Waals surface area contributed by atoms with Gasteiger partial charge in [-0.3, -0.25) is 9.59 Å². The normalized spacial score (nSPS) is 10.9. The quantitative estimate of drug-likeness (QED) is 0.540. The lowest BCUT2D eigenvalue weighted by atomic mass is 10.1. The van der Waals surface area contributed by atoms with Crippen LogP contribution in [0.5, 0.6) is 0 Å². The summed E-state index contributed by atoms with van der Waals surface area (Å²) in [7, 11) is 0. The summed E-state index contributed by atoms with van der Waals surface area (Å²) >= 11 is 0. The summed E-state index contributed by atoms with van der Waals surface area (Å²) in [6.45, 7) is 8.42. The molecule has 0 spiro atoms. The Bertz CT molecular complexity index is 1020. The van der Waals surface area contributed by atoms with Gasteiger partial charge in [0.15, 0.2) is 0 Å². The van der Waals surface area contributed by atoms with Crippen LogP contribution < -0.4 is 5.32 Å². The minimum atomic E-state index is -0.101. The lowest BCUT2D eigenvalue weighted by Crippen LogP contribution is -2.35. The van der Waals surface area contributed by atoms with Gasteiger partial charge in [-0.25, -0.2) is 4.98 Å². The van der Waals surface area contributed by atoms with Crippen LogP contribution in [0.3, 0.4) is 0 Å². The molecule has 3 rings (SSSR count). The van der Waals surface area contributed by atoms with Gasteiger partial charge >= 0.3 is 0 Å². The number of nitrogens with zero attached hydrogens (tertiary/aromatic N) is 3. The number of amides is 2. The SMILES string of the molecule is CCCN(CCC)C(=O)Cn1c(CCNC(=O)c2ccc(C)cc2)nc2ccccc21. The Balaban J connectivity index is 1.73. The van der Waals surface area contributed by atoms with E-state index in [0.717, 1.165) is 48.4 Å². The zero-order valence-electron chi connectivity index (χ0n) is 18.7. The van der Waals surface area contributed by atoms with Gasteiger partial charge in [-0.1, -0.05) is 43.7 Å². The number of imidazole rings is 1. The summed E-state index contributed by atoms with van der Waals surface area (Å²) in [5.41, 5.74) is 3.58. The highest BCUT2D eigenvalue weighted by molar-refractivity contribution is 5.94.